The second-order valence-electron chi connectivity index (χ2n) is 3.65. The van der Waals surface area contributed by atoms with Crippen molar-refractivity contribution in [3.05, 3.63) is 36.0 Å². The maximum absolute atomic E-state index is 11.6. The summed E-state index contributed by atoms with van der Waals surface area (Å²) in [4.78, 5) is 11.6. The van der Waals surface area contributed by atoms with Crippen LogP contribution >= 0.6 is 0 Å². The third kappa shape index (κ3) is 2.75. The number of urea groups is 1. The molecule has 17 heavy (non-hydrogen) atoms. The number of nitrogens with one attached hydrogen (secondary N) is 3. The summed E-state index contributed by atoms with van der Waals surface area (Å²) in [6.07, 6.45) is 1.43. The maximum atomic E-state index is 11.6. The summed E-state index contributed by atoms with van der Waals surface area (Å²) in [7, 11) is 0. The highest BCUT2D eigenvalue weighted by Crippen LogP contribution is 2.14. The number of nitrogen functional groups attached to an aromatic ring is 1. The van der Waals surface area contributed by atoms with E-state index in [1.165, 1.54) is 6.20 Å². The molecule has 2 aromatic rings. The van der Waals surface area contributed by atoms with Crippen molar-refractivity contribution in [3.8, 4) is 0 Å². The van der Waals surface area contributed by atoms with E-state index in [1.54, 1.807) is 0 Å². The first-order valence-electron chi connectivity index (χ1n) is 5.08. The first-order chi connectivity index (χ1) is 8.15. The molecule has 1 heterocycles. The van der Waals surface area contributed by atoms with Crippen LogP contribution in [-0.4, -0.2) is 16.2 Å². The van der Waals surface area contributed by atoms with Crippen molar-refractivity contribution in [1.82, 2.24) is 10.2 Å². The summed E-state index contributed by atoms with van der Waals surface area (Å²) < 4.78 is 0. The summed E-state index contributed by atoms with van der Waals surface area (Å²) in [6.45, 7) is 1.95. The molecule has 0 radical (unpaired) electrons. The van der Waals surface area contributed by atoms with Crippen LogP contribution in [0.25, 0.3) is 0 Å². The van der Waals surface area contributed by atoms with Crippen LogP contribution in [0.3, 0.4) is 0 Å². The van der Waals surface area contributed by atoms with Gasteiger partial charge in [0.2, 0.25) is 0 Å². The number of hydrogen-bond acceptors (Lipinski definition) is 3. The Morgan fingerprint density at radius 3 is 2.88 bits per heavy atom. The van der Waals surface area contributed by atoms with E-state index in [0.29, 0.717) is 11.5 Å². The summed E-state index contributed by atoms with van der Waals surface area (Å²) in [5, 5.41) is 11.5. The molecule has 0 saturated carbocycles. The SMILES string of the molecule is Cc1cccc(NC(=O)Nc2[nH]ncc2N)c1. The van der Waals surface area contributed by atoms with E-state index >= 15 is 0 Å². The molecule has 2 rings (SSSR count). The van der Waals surface area contributed by atoms with Crippen molar-refractivity contribution in [2.75, 3.05) is 16.4 Å². The number of hydrogen-bond donors (Lipinski definition) is 4. The number of aryl methyl sites for hydroxylation is 1. The van der Waals surface area contributed by atoms with Crippen LogP contribution in [-0.2, 0) is 0 Å². The number of rotatable bonds is 2. The number of carbonyl (C=O) groups excluding carboxylic acids is 1. The first-order valence-corrected chi connectivity index (χ1v) is 5.08. The summed E-state index contributed by atoms with van der Waals surface area (Å²) in [6, 6.07) is 7.14. The van der Waals surface area contributed by atoms with E-state index in [1.807, 2.05) is 31.2 Å². The molecule has 88 valence electrons. The molecular formula is C11H13N5O. The smallest absolute Gasteiger partial charge is 0.324 e. The van der Waals surface area contributed by atoms with Crippen LogP contribution in [0.1, 0.15) is 5.56 Å². The third-order valence-corrected chi connectivity index (χ3v) is 2.18. The number of H-pyrrole nitrogens is 1. The van der Waals surface area contributed by atoms with E-state index in [4.69, 9.17) is 5.73 Å². The van der Waals surface area contributed by atoms with Gasteiger partial charge in [0.05, 0.1) is 11.9 Å². The Morgan fingerprint density at radius 1 is 1.41 bits per heavy atom. The van der Waals surface area contributed by atoms with Gasteiger partial charge in [-0.3, -0.25) is 10.4 Å². The van der Waals surface area contributed by atoms with Gasteiger partial charge in [-0.2, -0.15) is 5.10 Å². The predicted molar refractivity (Wildman–Crippen MR) is 66.8 cm³/mol. The van der Waals surface area contributed by atoms with Gasteiger partial charge in [-0.15, -0.1) is 0 Å². The van der Waals surface area contributed by atoms with Gasteiger partial charge in [0, 0.05) is 5.69 Å². The van der Waals surface area contributed by atoms with Gasteiger partial charge in [0.25, 0.3) is 0 Å². The monoisotopic (exact) mass is 231 g/mol. The number of benzene rings is 1. The fourth-order valence-corrected chi connectivity index (χ4v) is 1.39. The van der Waals surface area contributed by atoms with Gasteiger partial charge in [0.15, 0.2) is 5.82 Å². The van der Waals surface area contributed by atoms with E-state index in [-0.39, 0.29) is 6.03 Å². The molecule has 6 nitrogen and oxygen atoms in total. The van der Waals surface area contributed by atoms with Gasteiger partial charge in [-0.1, -0.05) is 12.1 Å². The van der Waals surface area contributed by atoms with E-state index < -0.39 is 0 Å². The zero-order chi connectivity index (χ0) is 12.3. The minimum absolute atomic E-state index is 0.369. The van der Waals surface area contributed by atoms with Crippen molar-refractivity contribution in [1.29, 1.82) is 0 Å². The molecule has 1 aromatic heterocycles. The van der Waals surface area contributed by atoms with Crippen LogP contribution in [0, 0.1) is 6.92 Å². The lowest BCUT2D eigenvalue weighted by molar-refractivity contribution is 0.262. The topological polar surface area (TPSA) is 95.8 Å². The third-order valence-electron chi connectivity index (χ3n) is 2.18. The van der Waals surface area contributed by atoms with Crippen LogP contribution in [0.15, 0.2) is 30.5 Å². The fraction of sp³-hybridized carbons (Fsp3) is 0.0909. The lowest BCUT2D eigenvalue weighted by atomic mass is 10.2. The summed E-state index contributed by atoms with van der Waals surface area (Å²) >= 11 is 0. The van der Waals surface area contributed by atoms with Crippen molar-refractivity contribution in [3.63, 3.8) is 0 Å². The fourth-order valence-electron chi connectivity index (χ4n) is 1.39. The van der Waals surface area contributed by atoms with Crippen molar-refractivity contribution in [2.45, 2.75) is 6.92 Å². The lowest BCUT2D eigenvalue weighted by Crippen LogP contribution is -2.20. The lowest BCUT2D eigenvalue weighted by Gasteiger charge is -2.07. The second kappa shape index (κ2) is 4.56. The number of aromatic nitrogens is 2. The Morgan fingerprint density at radius 2 is 2.24 bits per heavy atom. The zero-order valence-electron chi connectivity index (χ0n) is 9.32. The molecule has 0 aliphatic rings. The Labute approximate surface area is 98.2 Å². The standard InChI is InChI=1S/C11H13N5O/c1-7-3-2-4-8(5-7)14-11(17)15-10-9(12)6-13-16-10/h2-6H,12H2,1H3,(H3,13,14,15,16,17). The molecular weight excluding hydrogens is 218 g/mol. The maximum Gasteiger partial charge on any atom is 0.324 e. The molecule has 5 N–H and O–H groups in total. The first kappa shape index (κ1) is 11.0. The quantitative estimate of drug-likeness (QED) is 0.636. The molecule has 0 spiro atoms. The van der Waals surface area contributed by atoms with E-state index in [0.717, 1.165) is 11.3 Å². The number of aromatic amines is 1. The highest BCUT2D eigenvalue weighted by atomic mass is 16.2. The molecule has 0 fully saturated rings. The molecule has 0 aliphatic heterocycles. The van der Waals surface area contributed by atoms with Gasteiger partial charge >= 0.3 is 6.03 Å². The number of amides is 2. The van der Waals surface area contributed by atoms with Crippen molar-refractivity contribution in [2.24, 2.45) is 0 Å². The minimum atomic E-state index is -0.369. The second-order valence-corrected chi connectivity index (χ2v) is 3.65. The van der Waals surface area contributed by atoms with Crippen molar-refractivity contribution < 1.29 is 4.79 Å². The van der Waals surface area contributed by atoms with Gasteiger partial charge < -0.3 is 11.1 Å². The molecule has 2 amide bonds. The summed E-state index contributed by atoms with van der Waals surface area (Å²) in [5.74, 6) is 0.384. The van der Waals surface area contributed by atoms with Gasteiger partial charge in [-0.25, -0.2) is 4.79 Å². The molecule has 6 heteroatoms. The predicted octanol–water partition coefficient (Wildman–Crippen LogP) is 1.94. The number of anilines is 3. The molecule has 0 saturated heterocycles. The van der Waals surface area contributed by atoms with Crippen LogP contribution in [0.5, 0.6) is 0 Å². The van der Waals surface area contributed by atoms with Crippen LogP contribution in [0.2, 0.25) is 0 Å². The zero-order valence-corrected chi connectivity index (χ0v) is 9.32. The Balaban J connectivity index is 2.01. The summed E-state index contributed by atoms with van der Waals surface area (Å²) in [5.41, 5.74) is 7.76. The Hall–Kier alpha value is -2.50. The molecule has 1 aromatic carbocycles. The average Bonchev–Trinajstić information content (AvgIpc) is 2.64. The number of nitrogens with two attached hydrogens (primary N) is 1. The normalized spacial score (nSPS) is 9.94. The van der Waals surface area contributed by atoms with Crippen molar-refractivity contribution >= 4 is 23.2 Å². The Kier molecular flexibility index (Phi) is 2.95. The van der Waals surface area contributed by atoms with Crippen LogP contribution in [0.4, 0.5) is 22.0 Å². The largest absolute Gasteiger partial charge is 0.394 e. The highest BCUT2D eigenvalue weighted by Gasteiger charge is 2.06. The number of carbonyl (C=O) groups is 1. The molecule has 0 unspecified atom stereocenters. The number of nitrogens with zero attached hydrogens (tertiary/aromatic N) is 1. The van der Waals surface area contributed by atoms with E-state index in [2.05, 4.69) is 20.8 Å². The van der Waals surface area contributed by atoms with Gasteiger partial charge in [0.1, 0.15) is 0 Å². The Bertz CT molecular complexity index is 534. The van der Waals surface area contributed by atoms with Gasteiger partial charge in [-0.05, 0) is 24.6 Å². The molecule has 0 atom stereocenters. The minimum Gasteiger partial charge on any atom is -0.394 e. The molecule has 0 bridgehead atoms. The van der Waals surface area contributed by atoms with E-state index in [9.17, 15) is 4.79 Å². The molecule has 0 aliphatic carbocycles. The highest BCUT2D eigenvalue weighted by molar-refractivity contribution is 6.00. The average molecular weight is 231 g/mol. The van der Waals surface area contributed by atoms with Crippen LogP contribution < -0.4 is 16.4 Å².